The van der Waals surface area contributed by atoms with Gasteiger partial charge < -0.3 is 30.2 Å². The fourth-order valence-corrected chi connectivity index (χ4v) is 3.82. The van der Waals surface area contributed by atoms with Crippen LogP contribution < -0.4 is 25.4 Å². The first kappa shape index (κ1) is 21.4. The summed E-state index contributed by atoms with van der Waals surface area (Å²) >= 11 is 0. The van der Waals surface area contributed by atoms with Gasteiger partial charge in [0.25, 0.3) is 0 Å². The fourth-order valence-electron chi connectivity index (χ4n) is 3.82. The van der Waals surface area contributed by atoms with Gasteiger partial charge in [-0.2, -0.15) is 4.98 Å². The molecule has 1 aromatic carbocycles. The zero-order valence-electron chi connectivity index (χ0n) is 16.5. The number of aromatic nitrogens is 2. The molecule has 3 heterocycles. The Labute approximate surface area is 175 Å². The van der Waals surface area contributed by atoms with E-state index in [-0.39, 0.29) is 30.2 Å². The Bertz CT molecular complexity index is 891. The molecule has 0 amide bonds. The van der Waals surface area contributed by atoms with E-state index < -0.39 is 0 Å². The summed E-state index contributed by atoms with van der Waals surface area (Å²) in [7, 11) is 3.14. The fraction of sp³-hybridized carbons (Fsp3) is 0.526. The van der Waals surface area contributed by atoms with E-state index in [2.05, 4.69) is 10.3 Å². The highest BCUT2D eigenvalue weighted by Crippen LogP contribution is 2.34. The number of carbonyl (C=O) groups excluding carboxylic acids is 1. The summed E-state index contributed by atoms with van der Waals surface area (Å²) in [5.41, 5.74) is 6.88. The van der Waals surface area contributed by atoms with Gasteiger partial charge in [-0.3, -0.25) is 4.79 Å². The van der Waals surface area contributed by atoms with Gasteiger partial charge in [-0.1, -0.05) is 0 Å². The van der Waals surface area contributed by atoms with Crippen molar-refractivity contribution >= 4 is 40.9 Å². The van der Waals surface area contributed by atoms with E-state index in [0.29, 0.717) is 60.5 Å². The first-order chi connectivity index (χ1) is 13.6. The number of nitrogens with two attached hydrogens (primary N) is 1. The molecule has 10 heteroatoms. The van der Waals surface area contributed by atoms with Crippen molar-refractivity contribution in [2.45, 2.75) is 12.5 Å². The minimum absolute atomic E-state index is 0. The molecule has 2 atom stereocenters. The Morgan fingerprint density at radius 1 is 1.28 bits per heavy atom. The molecule has 0 saturated carbocycles. The van der Waals surface area contributed by atoms with Crippen LogP contribution in [0.15, 0.2) is 12.1 Å². The van der Waals surface area contributed by atoms with Crippen LogP contribution in [0.3, 0.4) is 0 Å². The molecule has 2 aliphatic heterocycles. The van der Waals surface area contributed by atoms with Crippen LogP contribution >= 0.6 is 12.4 Å². The van der Waals surface area contributed by atoms with Crippen LogP contribution in [-0.4, -0.2) is 68.9 Å². The number of nitrogen functional groups attached to an aromatic ring is 1. The number of benzene rings is 1. The molecule has 29 heavy (non-hydrogen) atoms. The highest BCUT2D eigenvalue weighted by atomic mass is 35.5. The molecule has 158 valence electrons. The third-order valence-corrected chi connectivity index (χ3v) is 5.38. The first-order valence-corrected chi connectivity index (χ1v) is 9.40. The van der Waals surface area contributed by atoms with Gasteiger partial charge in [0.1, 0.15) is 11.9 Å². The van der Waals surface area contributed by atoms with E-state index in [9.17, 15) is 4.79 Å². The second-order valence-corrected chi connectivity index (χ2v) is 7.01. The van der Waals surface area contributed by atoms with Crippen LogP contribution in [0.25, 0.3) is 10.9 Å². The third kappa shape index (κ3) is 4.03. The molecule has 0 aliphatic carbocycles. The van der Waals surface area contributed by atoms with Gasteiger partial charge in [-0.15, -0.1) is 12.4 Å². The van der Waals surface area contributed by atoms with E-state index in [1.54, 1.807) is 26.4 Å². The molecule has 2 aliphatic rings. The Morgan fingerprint density at radius 2 is 2.03 bits per heavy atom. The molecule has 9 nitrogen and oxygen atoms in total. The number of piperazine rings is 1. The van der Waals surface area contributed by atoms with Crippen molar-refractivity contribution in [1.82, 2.24) is 15.3 Å². The minimum atomic E-state index is -0.336. The summed E-state index contributed by atoms with van der Waals surface area (Å²) in [6.07, 6.45) is 0.765. The summed E-state index contributed by atoms with van der Waals surface area (Å²) in [6, 6.07) is 3.21. The number of methoxy groups -OCH3 is 2. The number of rotatable bonds is 5. The highest BCUT2D eigenvalue weighted by Gasteiger charge is 2.36. The zero-order valence-corrected chi connectivity index (χ0v) is 17.3. The summed E-state index contributed by atoms with van der Waals surface area (Å²) in [4.78, 5) is 24.2. The van der Waals surface area contributed by atoms with Crippen LogP contribution in [0.1, 0.15) is 6.42 Å². The molecule has 2 saturated heterocycles. The number of halogens is 1. The average Bonchev–Trinajstić information content (AvgIpc) is 3.27. The second kappa shape index (κ2) is 8.98. The number of ketones is 1. The number of hydrogen-bond donors (Lipinski definition) is 2. The number of anilines is 2. The summed E-state index contributed by atoms with van der Waals surface area (Å²) in [6.45, 7) is 3.06. The molecule has 4 rings (SSSR count). The smallest absolute Gasteiger partial charge is 0.228 e. The summed E-state index contributed by atoms with van der Waals surface area (Å²) in [5, 5.41) is 3.98. The number of Topliss-reactive ketones (excluding diaryl/α,β-unsaturated/α-hetero) is 1. The molecule has 2 aromatic rings. The summed E-state index contributed by atoms with van der Waals surface area (Å²) in [5.74, 6) is 2.02. The maximum absolute atomic E-state index is 13.0. The lowest BCUT2D eigenvalue weighted by molar-refractivity contribution is -0.124. The topological polar surface area (TPSA) is 112 Å². The van der Waals surface area contributed by atoms with Crippen molar-refractivity contribution < 1.29 is 19.0 Å². The van der Waals surface area contributed by atoms with Gasteiger partial charge in [0.05, 0.1) is 26.3 Å². The van der Waals surface area contributed by atoms with Crippen molar-refractivity contribution in [3.63, 3.8) is 0 Å². The lowest BCUT2D eigenvalue weighted by atomic mass is 9.95. The SMILES string of the molecule is COc1cc2nc(N3CCNCC3C(=O)C3CCOC3)nc(N)c2cc1OC.Cl. The number of hydrogen-bond acceptors (Lipinski definition) is 9. The second-order valence-electron chi connectivity index (χ2n) is 7.01. The molecule has 1 aromatic heterocycles. The van der Waals surface area contributed by atoms with Crippen LogP contribution in [-0.2, 0) is 9.53 Å². The maximum Gasteiger partial charge on any atom is 0.228 e. The molecular weight excluding hydrogens is 398 g/mol. The van der Waals surface area contributed by atoms with Crippen LogP contribution in [0, 0.1) is 5.92 Å². The predicted molar refractivity (Wildman–Crippen MR) is 112 cm³/mol. The van der Waals surface area contributed by atoms with Gasteiger partial charge >= 0.3 is 0 Å². The molecule has 2 unspecified atom stereocenters. The van der Waals surface area contributed by atoms with Gasteiger partial charge in [0.2, 0.25) is 5.95 Å². The standard InChI is InChI=1S/C19H25N5O4.ClH/c1-26-15-7-12-13(8-16(15)27-2)22-19(23-18(12)20)24-5-4-21-9-14(24)17(25)11-3-6-28-10-11;/h7-8,11,14,21H,3-6,9-10H2,1-2H3,(H2,20,22,23);1H. The van der Waals surface area contributed by atoms with Crippen LogP contribution in [0.5, 0.6) is 11.5 Å². The molecular formula is C19H26ClN5O4. The van der Waals surface area contributed by atoms with Crippen molar-refractivity contribution in [3.05, 3.63) is 12.1 Å². The van der Waals surface area contributed by atoms with Gasteiger partial charge in [-0.05, 0) is 12.5 Å². The van der Waals surface area contributed by atoms with E-state index in [1.165, 1.54) is 0 Å². The molecule has 0 bridgehead atoms. The summed E-state index contributed by atoms with van der Waals surface area (Å²) < 4.78 is 16.1. The monoisotopic (exact) mass is 423 g/mol. The Hall–Kier alpha value is -2.36. The van der Waals surface area contributed by atoms with E-state index in [0.717, 1.165) is 13.0 Å². The largest absolute Gasteiger partial charge is 0.493 e. The third-order valence-electron chi connectivity index (χ3n) is 5.38. The lowest BCUT2D eigenvalue weighted by Crippen LogP contribution is -2.57. The Balaban J connectivity index is 0.00000240. The number of fused-ring (bicyclic) bond motifs is 1. The van der Waals surface area contributed by atoms with Crippen molar-refractivity contribution in [2.24, 2.45) is 5.92 Å². The zero-order chi connectivity index (χ0) is 19.7. The van der Waals surface area contributed by atoms with Crippen molar-refractivity contribution in [3.8, 4) is 11.5 Å². The quantitative estimate of drug-likeness (QED) is 0.728. The molecule has 0 spiro atoms. The lowest BCUT2D eigenvalue weighted by Gasteiger charge is -2.36. The molecule has 0 radical (unpaired) electrons. The van der Waals surface area contributed by atoms with E-state index >= 15 is 0 Å². The average molecular weight is 424 g/mol. The Kier molecular flexibility index (Phi) is 6.61. The predicted octanol–water partition coefficient (Wildman–Crippen LogP) is 1.03. The number of carbonyl (C=O) groups is 1. The van der Waals surface area contributed by atoms with Crippen LogP contribution in [0.2, 0.25) is 0 Å². The number of nitrogens with zero attached hydrogens (tertiary/aromatic N) is 3. The van der Waals surface area contributed by atoms with Crippen LogP contribution in [0.4, 0.5) is 11.8 Å². The van der Waals surface area contributed by atoms with E-state index in [1.807, 2.05) is 4.90 Å². The number of nitrogens with one attached hydrogen (secondary N) is 1. The normalized spacial score (nSPS) is 21.7. The van der Waals surface area contributed by atoms with E-state index in [4.69, 9.17) is 24.9 Å². The van der Waals surface area contributed by atoms with Crippen molar-refractivity contribution in [1.29, 1.82) is 0 Å². The minimum Gasteiger partial charge on any atom is -0.493 e. The maximum atomic E-state index is 13.0. The molecule has 3 N–H and O–H groups in total. The molecule has 2 fully saturated rings. The van der Waals surface area contributed by atoms with Gasteiger partial charge in [0, 0.05) is 43.6 Å². The first-order valence-electron chi connectivity index (χ1n) is 9.40. The number of ether oxygens (including phenoxy) is 3. The highest BCUT2D eigenvalue weighted by molar-refractivity contribution is 5.93. The van der Waals surface area contributed by atoms with Gasteiger partial charge in [0.15, 0.2) is 17.3 Å². The Morgan fingerprint density at radius 3 is 2.72 bits per heavy atom. The van der Waals surface area contributed by atoms with Gasteiger partial charge in [-0.25, -0.2) is 4.98 Å². The van der Waals surface area contributed by atoms with Crippen molar-refractivity contribution in [2.75, 3.05) is 57.7 Å².